The minimum Gasteiger partial charge on any atom is -0.444 e. The van der Waals surface area contributed by atoms with Crippen LogP contribution in [0, 0.1) is 0 Å². The molecule has 1 amide bonds. The zero-order chi connectivity index (χ0) is 16.1. The van der Waals surface area contributed by atoms with Gasteiger partial charge in [0.05, 0.1) is 0 Å². The van der Waals surface area contributed by atoms with Crippen LogP contribution in [-0.4, -0.2) is 30.9 Å². The molecule has 0 aromatic heterocycles. The highest BCUT2D eigenvalue weighted by Gasteiger charge is 2.22. The topological polar surface area (TPSA) is 47.6 Å². The fraction of sp³-hybridized carbons (Fsp3) is 0.824. The van der Waals surface area contributed by atoms with Crippen LogP contribution < -0.4 is 5.32 Å². The minimum atomic E-state index is -0.381. The van der Waals surface area contributed by atoms with E-state index in [9.17, 15) is 4.79 Å². The van der Waals surface area contributed by atoms with E-state index >= 15 is 0 Å². The second kappa shape index (κ2) is 11.6. The van der Waals surface area contributed by atoms with Gasteiger partial charge in [0.15, 0.2) is 0 Å². The fourth-order valence-electron chi connectivity index (χ4n) is 1.60. The summed E-state index contributed by atoms with van der Waals surface area (Å²) in [5, 5.41) is 2.81. The van der Waals surface area contributed by atoms with Gasteiger partial charge in [-0.3, -0.25) is 0 Å². The number of carbonyl (C=O) groups is 1. The molecule has 0 aliphatic heterocycles. The van der Waals surface area contributed by atoms with Gasteiger partial charge in [-0.15, -0.1) is 6.58 Å². The Morgan fingerprint density at radius 1 is 1.33 bits per heavy atom. The number of hydrogen-bond donors (Lipinski definition) is 1. The lowest BCUT2D eigenvalue weighted by Crippen LogP contribution is -2.42. The summed E-state index contributed by atoms with van der Waals surface area (Å²) in [5.74, 6) is 0. The van der Waals surface area contributed by atoms with E-state index in [-0.39, 0.29) is 11.7 Å². The van der Waals surface area contributed by atoms with Gasteiger partial charge in [-0.05, 0) is 59.3 Å². The molecule has 1 saturated carbocycles. The molecule has 0 spiro atoms. The normalized spacial score (nSPS) is 14.5. The molecule has 4 heteroatoms. The molecule has 21 heavy (non-hydrogen) atoms. The van der Waals surface area contributed by atoms with E-state index in [1.807, 2.05) is 26.8 Å². The van der Waals surface area contributed by atoms with Crippen LogP contribution in [0.1, 0.15) is 66.2 Å². The molecule has 1 aliphatic rings. The first-order valence-corrected chi connectivity index (χ1v) is 8.07. The highest BCUT2D eigenvalue weighted by molar-refractivity contribution is 5.68. The zero-order valence-corrected chi connectivity index (χ0v) is 14.2. The predicted molar refractivity (Wildman–Crippen MR) is 87.5 cm³/mol. The number of allylic oxidation sites excluding steroid dienone is 1. The van der Waals surface area contributed by atoms with Crippen LogP contribution in [0.5, 0.6) is 0 Å². The van der Waals surface area contributed by atoms with Gasteiger partial charge in [0.1, 0.15) is 5.60 Å². The van der Waals surface area contributed by atoms with Crippen LogP contribution in [0.25, 0.3) is 0 Å². The van der Waals surface area contributed by atoms with Crippen molar-refractivity contribution < 1.29 is 14.3 Å². The summed E-state index contributed by atoms with van der Waals surface area (Å²) in [6, 6.07) is 0.361. The Morgan fingerprint density at radius 2 is 2.00 bits per heavy atom. The molecule has 0 bridgehead atoms. The summed E-state index contributed by atoms with van der Waals surface area (Å²) in [4.78, 5) is 11.1. The van der Waals surface area contributed by atoms with Crippen LogP contribution >= 0.6 is 0 Å². The van der Waals surface area contributed by atoms with E-state index in [2.05, 4.69) is 18.8 Å². The summed E-state index contributed by atoms with van der Waals surface area (Å²) in [7, 11) is 0. The SMILES string of the molecule is C=CCCCOCCC.CC(C)(C)OC(=O)NC1CCC1. The third-order valence-corrected chi connectivity index (χ3v) is 2.87. The molecule has 1 N–H and O–H groups in total. The summed E-state index contributed by atoms with van der Waals surface area (Å²) in [5.41, 5.74) is -0.381. The Labute approximate surface area is 130 Å². The van der Waals surface area contributed by atoms with Gasteiger partial charge in [0.2, 0.25) is 0 Å². The average Bonchev–Trinajstić information content (AvgIpc) is 2.33. The summed E-state index contributed by atoms with van der Waals surface area (Å²) >= 11 is 0. The number of hydrogen-bond acceptors (Lipinski definition) is 3. The second-order valence-corrected chi connectivity index (χ2v) is 6.32. The molecule has 0 atom stereocenters. The van der Waals surface area contributed by atoms with E-state index in [1.165, 1.54) is 6.42 Å². The van der Waals surface area contributed by atoms with Gasteiger partial charge in [0.25, 0.3) is 0 Å². The molecule has 4 nitrogen and oxygen atoms in total. The summed E-state index contributed by atoms with van der Waals surface area (Å²) in [6.07, 6.45) is 8.36. The maximum absolute atomic E-state index is 11.1. The van der Waals surface area contributed by atoms with E-state index in [1.54, 1.807) is 0 Å². The highest BCUT2D eigenvalue weighted by atomic mass is 16.6. The smallest absolute Gasteiger partial charge is 0.407 e. The monoisotopic (exact) mass is 299 g/mol. The van der Waals surface area contributed by atoms with Crippen LogP contribution in [0.15, 0.2) is 12.7 Å². The highest BCUT2D eigenvalue weighted by Crippen LogP contribution is 2.18. The molecule has 0 aromatic carbocycles. The first-order valence-electron chi connectivity index (χ1n) is 8.07. The Morgan fingerprint density at radius 3 is 2.43 bits per heavy atom. The van der Waals surface area contributed by atoms with E-state index in [0.717, 1.165) is 45.3 Å². The van der Waals surface area contributed by atoms with Crippen molar-refractivity contribution in [2.45, 2.75) is 77.9 Å². The van der Waals surface area contributed by atoms with Crippen LogP contribution in [-0.2, 0) is 9.47 Å². The van der Waals surface area contributed by atoms with Crippen LogP contribution in [0.2, 0.25) is 0 Å². The van der Waals surface area contributed by atoms with Crippen molar-refractivity contribution >= 4 is 6.09 Å². The maximum atomic E-state index is 11.1. The van der Waals surface area contributed by atoms with Gasteiger partial charge in [-0.1, -0.05) is 13.0 Å². The van der Waals surface area contributed by atoms with Crippen molar-refractivity contribution in [2.75, 3.05) is 13.2 Å². The Balaban J connectivity index is 0.000000400. The molecule has 124 valence electrons. The predicted octanol–water partition coefficient (Wildman–Crippen LogP) is 4.44. The average molecular weight is 299 g/mol. The van der Waals surface area contributed by atoms with Crippen molar-refractivity contribution in [1.29, 1.82) is 0 Å². The van der Waals surface area contributed by atoms with Crippen molar-refractivity contribution in [1.82, 2.24) is 5.32 Å². The Bertz CT molecular complexity index is 280. The lowest BCUT2D eigenvalue weighted by atomic mass is 9.93. The molecule has 0 aromatic rings. The van der Waals surface area contributed by atoms with E-state index in [4.69, 9.17) is 9.47 Å². The van der Waals surface area contributed by atoms with Gasteiger partial charge in [-0.25, -0.2) is 4.79 Å². The maximum Gasteiger partial charge on any atom is 0.407 e. The Hall–Kier alpha value is -1.03. The van der Waals surface area contributed by atoms with Crippen molar-refractivity contribution in [3.8, 4) is 0 Å². The van der Waals surface area contributed by atoms with E-state index in [0.29, 0.717) is 6.04 Å². The first kappa shape index (κ1) is 20.0. The van der Waals surface area contributed by atoms with Crippen molar-refractivity contribution in [3.05, 3.63) is 12.7 Å². The molecule has 0 radical (unpaired) electrons. The lowest BCUT2D eigenvalue weighted by molar-refractivity contribution is 0.0480. The van der Waals surface area contributed by atoms with E-state index < -0.39 is 0 Å². The van der Waals surface area contributed by atoms with Gasteiger partial charge < -0.3 is 14.8 Å². The molecular weight excluding hydrogens is 266 g/mol. The Kier molecular flexibility index (Phi) is 11.0. The van der Waals surface area contributed by atoms with Gasteiger partial charge in [-0.2, -0.15) is 0 Å². The van der Waals surface area contributed by atoms with Gasteiger partial charge >= 0.3 is 6.09 Å². The number of carbonyl (C=O) groups excluding carboxylic acids is 1. The third kappa shape index (κ3) is 13.7. The van der Waals surface area contributed by atoms with Crippen LogP contribution in [0.4, 0.5) is 4.79 Å². The largest absolute Gasteiger partial charge is 0.444 e. The molecule has 1 aliphatic carbocycles. The number of alkyl carbamates (subject to hydrolysis) is 1. The number of nitrogens with one attached hydrogen (secondary N) is 1. The van der Waals surface area contributed by atoms with Crippen molar-refractivity contribution in [2.24, 2.45) is 0 Å². The fourth-order valence-corrected chi connectivity index (χ4v) is 1.60. The first-order chi connectivity index (χ1) is 9.89. The molecule has 1 fully saturated rings. The van der Waals surface area contributed by atoms with Gasteiger partial charge in [0, 0.05) is 19.3 Å². The molecule has 0 saturated heterocycles. The lowest BCUT2D eigenvalue weighted by Gasteiger charge is -2.28. The van der Waals surface area contributed by atoms with Crippen LogP contribution in [0.3, 0.4) is 0 Å². The summed E-state index contributed by atoms with van der Waals surface area (Å²) < 4.78 is 10.3. The standard InChI is InChI=1S/C9H17NO2.C8H16O/c1-9(2,3)12-8(11)10-7-5-4-6-7;1-3-5-6-8-9-7-4-2/h7H,4-6H2,1-3H3,(H,10,11);3H,1,4-8H2,2H3. The molecule has 0 heterocycles. The third-order valence-electron chi connectivity index (χ3n) is 2.87. The number of amides is 1. The number of rotatable bonds is 7. The molecule has 1 rings (SSSR count). The minimum absolute atomic E-state index is 0.285. The zero-order valence-electron chi connectivity index (χ0n) is 14.2. The second-order valence-electron chi connectivity index (χ2n) is 6.32. The molecular formula is C17H33NO3. The summed E-state index contributed by atoms with van der Waals surface area (Å²) in [6.45, 7) is 13.1. The molecule has 0 unspecified atom stereocenters. The van der Waals surface area contributed by atoms with Crippen molar-refractivity contribution in [3.63, 3.8) is 0 Å². The quantitative estimate of drug-likeness (QED) is 0.558. The number of unbranched alkanes of at least 4 members (excludes halogenated alkanes) is 1. The number of ether oxygens (including phenoxy) is 2.